The van der Waals surface area contributed by atoms with Crippen molar-refractivity contribution < 1.29 is 14.3 Å². The van der Waals surface area contributed by atoms with Gasteiger partial charge in [0.1, 0.15) is 6.04 Å². The molecule has 0 spiro atoms. The summed E-state index contributed by atoms with van der Waals surface area (Å²) in [7, 11) is 1.34. The molecule has 3 atom stereocenters. The van der Waals surface area contributed by atoms with E-state index in [1.54, 1.807) is 11.8 Å². The molecule has 2 aromatic rings. The number of hydrogen-bond donors (Lipinski definition) is 4. The lowest BCUT2D eigenvalue weighted by molar-refractivity contribution is -0.142. The van der Waals surface area contributed by atoms with Crippen LogP contribution >= 0.6 is 24.4 Å². The summed E-state index contributed by atoms with van der Waals surface area (Å²) < 4.78 is 4.90. The number of nitrogens with one attached hydrogen (secondary N) is 3. The Morgan fingerprint density at radius 1 is 1.25 bits per heavy atom. The average molecular weight is 474 g/mol. The number of ether oxygens (including phenoxy) is 1. The van der Waals surface area contributed by atoms with Gasteiger partial charge in [0.25, 0.3) is 5.91 Å². The van der Waals surface area contributed by atoms with Crippen LogP contribution in [-0.2, 0) is 9.53 Å². The van der Waals surface area contributed by atoms with Gasteiger partial charge < -0.3 is 20.7 Å². The third-order valence-corrected chi connectivity index (χ3v) is 6.54. The first-order valence-corrected chi connectivity index (χ1v) is 12.6. The second-order valence-electron chi connectivity index (χ2n) is 7.83. The molecule has 0 radical (unpaired) electrons. The summed E-state index contributed by atoms with van der Waals surface area (Å²) in [6.45, 7) is 1.66. The van der Waals surface area contributed by atoms with E-state index in [1.165, 1.54) is 7.11 Å². The first-order chi connectivity index (χ1) is 15.5. The zero-order chi connectivity index (χ0) is 22.9. The zero-order valence-electron chi connectivity index (χ0n) is 18.5. The van der Waals surface area contributed by atoms with Crippen molar-refractivity contribution in [1.82, 2.24) is 10.6 Å². The average Bonchev–Trinajstić information content (AvgIpc) is 3.25. The molecule has 1 fully saturated rings. The Balaban J connectivity index is 1.83. The van der Waals surface area contributed by atoms with Crippen LogP contribution in [0.1, 0.15) is 23.2 Å². The molecule has 1 aliphatic rings. The van der Waals surface area contributed by atoms with E-state index in [0.717, 1.165) is 42.1 Å². The zero-order valence-corrected chi connectivity index (χ0v) is 20.2. The third-order valence-electron chi connectivity index (χ3n) is 5.50. The minimum Gasteiger partial charge on any atom is -0.467 e. The fraction of sp³-hybridized carbons (Fsp3) is 0.417. The lowest BCUT2D eigenvalue weighted by Crippen LogP contribution is -2.42. The fourth-order valence-electron chi connectivity index (χ4n) is 3.77. The molecule has 0 aliphatic carbocycles. The van der Waals surface area contributed by atoms with Crippen LogP contribution in [0.15, 0.2) is 48.5 Å². The number of carbonyl (C=O) groups is 2. The summed E-state index contributed by atoms with van der Waals surface area (Å²) in [4.78, 5) is 25.5. The number of thioether (sulfide) groups is 1. The topological polar surface area (TPSA) is 79.5 Å². The fourth-order valence-corrected chi connectivity index (χ4v) is 4.60. The highest BCUT2D eigenvalue weighted by molar-refractivity contribution is 7.98. The molecule has 3 rings (SSSR count). The molecule has 172 valence electrons. The first kappa shape index (κ1) is 24.5. The minimum atomic E-state index is -0.685. The quantitative estimate of drug-likeness (QED) is 0.313. The van der Waals surface area contributed by atoms with E-state index in [0.29, 0.717) is 23.3 Å². The first-order valence-electron chi connectivity index (χ1n) is 10.7. The van der Waals surface area contributed by atoms with E-state index < -0.39 is 12.0 Å². The standard InChI is InChI=1S/C24H31N3O3S2/c1-30-24(29)22(10-11-32-2)27-23(28)21-13-17(25-14-18-12-19(31)15-26-18)8-9-20(21)16-6-4-3-5-7-16/h3-9,13,18-19,22,25-26,31H,10-12,14-15H2,1-2H3,(H,27,28)/t18-,19-,22-/m0/s1. The Bertz CT molecular complexity index is 911. The van der Waals surface area contributed by atoms with Gasteiger partial charge in [-0.15, -0.1) is 0 Å². The normalized spacial score (nSPS) is 18.7. The maximum atomic E-state index is 13.3. The van der Waals surface area contributed by atoms with Crippen molar-refractivity contribution in [2.24, 2.45) is 0 Å². The molecule has 0 aromatic heterocycles. The third kappa shape index (κ3) is 6.67. The Labute approximate surface area is 199 Å². The van der Waals surface area contributed by atoms with Crippen LogP contribution < -0.4 is 16.0 Å². The molecular formula is C24H31N3O3S2. The van der Waals surface area contributed by atoms with Crippen LogP contribution in [0.5, 0.6) is 0 Å². The Kier molecular flexibility index (Phi) is 9.32. The number of benzene rings is 2. The summed E-state index contributed by atoms with van der Waals surface area (Å²) in [5.74, 6) is 0.0169. The molecule has 8 heteroatoms. The number of thiol groups is 1. The van der Waals surface area contributed by atoms with E-state index in [2.05, 4.69) is 28.6 Å². The van der Waals surface area contributed by atoms with Crippen LogP contribution in [0.3, 0.4) is 0 Å². The van der Waals surface area contributed by atoms with Crippen molar-refractivity contribution in [2.75, 3.05) is 37.5 Å². The molecule has 6 nitrogen and oxygen atoms in total. The minimum absolute atomic E-state index is 0.293. The Hall–Kier alpha value is -2.16. The molecular weight excluding hydrogens is 442 g/mol. The van der Waals surface area contributed by atoms with Gasteiger partial charge >= 0.3 is 5.97 Å². The highest BCUT2D eigenvalue weighted by atomic mass is 32.2. The molecule has 32 heavy (non-hydrogen) atoms. The van der Waals surface area contributed by atoms with E-state index in [-0.39, 0.29) is 5.91 Å². The molecule has 0 unspecified atom stereocenters. The van der Waals surface area contributed by atoms with Gasteiger partial charge in [-0.2, -0.15) is 24.4 Å². The number of carbonyl (C=O) groups excluding carboxylic acids is 2. The number of anilines is 1. The molecule has 2 aromatic carbocycles. The largest absolute Gasteiger partial charge is 0.467 e. The van der Waals surface area contributed by atoms with Gasteiger partial charge in [-0.05, 0) is 48.1 Å². The Morgan fingerprint density at radius 3 is 2.69 bits per heavy atom. The summed E-state index contributed by atoms with van der Waals surface area (Å²) in [6, 6.07) is 15.2. The van der Waals surface area contributed by atoms with Crippen LogP contribution in [0.25, 0.3) is 11.1 Å². The predicted octanol–water partition coefficient (Wildman–Crippen LogP) is 3.45. The van der Waals surface area contributed by atoms with E-state index >= 15 is 0 Å². The maximum absolute atomic E-state index is 13.3. The second kappa shape index (κ2) is 12.2. The van der Waals surface area contributed by atoms with Crippen molar-refractivity contribution in [3.8, 4) is 11.1 Å². The number of hydrogen-bond acceptors (Lipinski definition) is 7. The molecule has 1 heterocycles. The van der Waals surface area contributed by atoms with E-state index in [4.69, 9.17) is 4.74 Å². The van der Waals surface area contributed by atoms with E-state index in [9.17, 15) is 9.59 Å². The lowest BCUT2D eigenvalue weighted by atomic mass is 9.98. The molecule has 1 aliphatic heterocycles. The van der Waals surface area contributed by atoms with Crippen molar-refractivity contribution in [3.05, 3.63) is 54.1 Å². The maximum Gasteiger partial charge on any atom is 0.328 e. The van der Waals surface area contributed by atoms with Crippen molar-refractivity contribution in [2.45, 2.75) is 30.2 Å². The van der Waals surface area contributed by atoms with Crippen molar-refractivity contribution >= 4 is 42.0 Å². The van der Waals surface area contributed by atoms with Gasteiger partial charge in [0.15, 0.2) is 0 Å². The summed E-state index contributed by atoms with van der Waals surface area (Å²) in [6.07, 6.45) is 3.48. The number of amides is 1. The van der Waals surface area contributed by atoms with Crippen molar-refractivity contribution in [3.63, 3.8) is 0 Å². The molecule has 1 amide bonds. The monoisotopic (exact) mass is 473 g/mol. The molecule has 1 saturated heterocycles. The number of esters is 1. The second-order valence-corrected chi connectivity index (χ2v) is 9.55. The summed E-state index contributed by atoms with van der Waals surface area (Å²) in [5, 5.41) is 10.1. The van der Waals surface area contributed by atoms with Gasteiger partial charge in [-0.1, -0.05) is 36.4 Å². The van der Waals surface area contributed by atoms with Gasteiger partial charge in [-0.3, -0.25) is 4.79 Å². The van der Waals surface area contributed by atoms with Crippen LogP contribution in [0.2, 0.25) is 0 Å². The highest BCUT2D eigenvalue weighted by Gasteiger charge is 2.24. The van der Waals surface area contributed by atoms with Crippen molar-refractivity contribution in [1.29, 1.82) is 0 Å². The number of methoxy groups -OCH3 is 1. The Morgan fingerprint density at radius 2 is 2.03 bits per heavy atom. The molecule has 3 N–H and O–H groups in total. The molecule has 0 saturated carbocycles. The van der Waals surface area contributed by atoms with Crippen LogP contribution in [0, 0.1) is 0 Å². The predicted molar refractivity (Wildman–Crippen MR) is 136 cm³/mol. The van der Waals surface area contributed by atoms with Gasteiger partial charge in [-0.25, -0.2) is 4.79 Å². The van der Waals surface area contributed by atoms with Gasteiger partial charge in [0, 0.05) is 35.6 Å². The SMILES string of the molecule is COC(=O)[C@H](CCSC)NC(=O)c1cc(NC[C@@H]2C[C@H](S)CN2)ccc1-c1ccccc1. The van der Waals surface area contributed by atoms with Crippen LogP contribution in [0.4, 0.5) is 5.69 Å². The van der Waals surface area contributed by atoms with Crippen LogP contribution in [-0.4, -0.2) is 61.4 Å². The van der Waals surface area contributed by atoms with Gasteiger partial charge in [0.2, 0.25) is 0 Å². The number of rotatable bonds is 10. The van der Waals surface area contributed by atoms with Gasteiger partial charge in [0.05, 0.1) is 7.11 Å². The summed E-state index contributed by atoms with van der Waals surface area (Å²) >= 11 is 6.15. The lowest BCUT2D eigenvalue weighted by Gasteiger charge is -2.19. The highest BCUT2D eigenvalue weighted by Crippen LogP contribution is 2.27. The summed E-state index contributed by atoms with van der Waals surface area (Å²) in [5.41, 5.74) is 3.14. The smallest absolute Gasteiger partial charge is 0.328 e. The molecule has 0 bridgehead atoms. The van der Waals surface area contributed by atoms with E-state index in [1.807, 2.05) is 54.8 Å².